The Kier molecular flexibility index (Phi) is 8.71. The summed E-state index contributed by atoms with van der Waals surface area (Å²) in [4.78, 5) is 24.4. The van der Waals surface area contributed by atoms with Crippen molar-refractivity contribution in [3.05, 3.63) is 35.4 Å². The van der Waals surface area contributed by atoms with Crippen molar-refractivity contribution in [2.75, 3.05) is 0 Å². The maximum Gasteiger partial charge on any atom is 0.306 e. The number of fused-ring (bicyclic) bond motifs is 1. The molecule has 0 bridgehead atoms. The molecule has 0 heterocycles. The first kappa shape index (κ1) is 19.7. The van der Waals surface area contributed by atoms with Crippen LogP contribution < -0.4 is 0 Å². The van der Waals surface area contributed by atoms with E-state index in [0.29, 0.717) is 12.8 Å². The number of ether oxygens (including phenoxy) is 1. The van der Waals surface area contributed by atoms with Gasteiger partial charge in [0.1, 0.15) is 0 Å². The summed E-state index contributed by atoms with van der Waals surface area (Å²) < 4.78 is 5.44. The first-order chi connectivity index (χ1) is 12.2. The van der Waals surface area contributed by atoms with Gasteiger partial charge in [0.25, 0.3) is 0 Å². The highest BCUT2D eigenvalue weighted by Crippen LogP contribution is 2.23. The predicted molar refractivity (Wildman–Crippen MR) is 101 cm³/mol. The van der Waals surface area contributed by atoms with Gasteiger partial charge in [-0.25, -0.2) is 0 Å². The predicted octanol–water partition coefficient (Wildman–Crippen LogP) is 5.65. The number of carbonyl (C=O) groups excluding carboxylic acids is 2. The molecule has 1 aliphatic carbocycles. The molecular weight excluding hydrogens is 312 g/mol. The molecule has 2 rings (SSSR count). The molecule has 0 aromatic heterocycles. The highest BCUT2D eigenvalue weighted by molar-refractivity contribution is 6.02. The Balaban J connectivity index is 1.58. The lowest BCUT2D eigenvalue weighted by Gasteiger charge is -2.23. The summed E-state index contributed by atoms with van der Waals surface area (Å²) in [5.41, 5.74) is 1.79. The average molecular weight is 344 g/mol. The molecule has 1 aliphatic rings. The van der Waals surface area contributed by atoms with Crippen LogP contribution in [0.5, 0.6) is 0 Å². The Morgan fingerprint density at radius 1 is 1.00 bits per heavy atom. The number of rotatable bonds is 11. The molecule has 0 saturated carbocycles. The van der Waals surface area contributed by atoms with E-state index in [-0.39, 0.29) is 11.8 Å². The highest BCUT2D eigenvalue weighted by Gasteiger charge is 2.29. The lowest BCUT2D eigenvalue weighted by atomic mass is 9.89. The lowest BCUT2D eigenvalue weighted by molar-refractivity contribution is -0.147. The van der Waals surface area contributed by atoms with Crippen molar-refractivity contribution < 1.29 is 14.3 Å². The van der Waals surface area contributed by atoms with Gasteiger partial charge in [-0.1, -0.05) is 82.6 Å². The number of ketones is 1. The second-order valence-corrected chi connectivity index (χ2v) is 7.12. The Labute approximate surface area is 152 Å². The number of hydrogen-bond acceptors (Lipinski definition) is 3. The maximum atomic E-state index is 12.4. The number of Topliss-reactive ketones (excluding diaryl/α,β-unsaturated/α-hetero) is 1. The molecule has 1 aromatic carbocycles. The second kappa shape index (κ2) is 11.1. The summed E-state index contributed by atoms with van der Waals surface area (Å²) in [7, 11) is 0. The van der Waals surface area contributed by atoms with Crippen molar-refractivity contribution >= 4 is 11.8 Å². The van der Waals surface area contributed by atoms with E-state index in [4.69, 9.17) is 4.74 Å². The van der Waals surface area contributed by atoms with Crippen LogP contribution in [-0.4, -0.2) is 17.9 Å². The summed E-state index contributed by atoms with van der Waals surface area (Å²) in [6, 6.07) is 7.62. The minimum atomic E-state index is -0.582. The molecule has 3 heteroatoms. The fraction of sp³-hybridized carbons (Fsp3) is 0.636. The third-order valence-electron chi connectivity index (χ3n) is 5.01. The van der Waals surface area contributed by atoms with Crippen LogP contribution in [0.2, 0.25) is 0 Å². The summed E-state index contributed by atoms with van der Waals surface area (Å²) in [6.45, 7) is 2.23. The topological polar surface area (TPSA) is 43.4 Å². The van der Waals surface area contributed by atoms with Gasteiger partial charge in [0.2, 0.25) is 5.78 Å². The summed E-state index contributed by atoms with van der Waals surface area (Å²) in [6.07, 6.45) is 12.3. The quantitative estimate of drug-likeness (QED) is 0.385. The normalized spacial score (nSPS) is 16.5. The van der Waals surface area contributed by atoms with E-state index in [1.165, 1.54) is 44.9 Å². The summed E-state index contributed by atoms with van der Waals surface area (Å²) >= 11 is 0. The molecule has 0 amide bonds. The fourth-order valence-electron chi connectivity index (χ4n) is 3.48. The number of hydrogen-bond donors (Lipinski definition) is 0. The molecular formula is C22H32O3. The van der Waals surface area contributed by atoms with Crippen LogP contribution in [0.25, 0.3) is 0 Å². The fourth-order valence-corrected chi connectivity index (χ4v) is 3.48. The Morgan fingerprint density at radius 3 is 2.36 bits per heavy atom. The average Bonchev–Trinajstić information content (AvgIpc) is 2.63. The third kappa shape index (κ3) is 6.64. The van der Waals surface area contributed by atoms with Crippen LogP contribution in [0.1, 0.15) is 93.5 Å². The second-order valence-electron chi connectivity index (χ2n) is 7.12. The van der Waals surface area contributed by atoms with Gasteiger partial charge in [-0.2, -0.15) is 0 Å². The van der Waals surface area contributed by atoms with Crippen LogP contribution in [0.15, 0.2) is 24.3 Å². The summed E-state index contributed by atoms with van der Waals surface area (Å²) in [5, 5.41) is 0. The highest BCUT2D eigenvalue weighted by atomic mass is 16.5. The van der Waals surface area contributed by atoms with E-state index in [1.807, 2.05) is 24.3 Å². The standard InChI is InChI=1S/C22H32O3/c1-2-3-4-5-6-7-8-9-10-15-21(23)25-20-17-16-18-13-11-12-14-19(18)22(20)24/h11-14,20H,2-10,15-17H2,1H3. The monoisotopic (exact) mass is 344 g/mol. The minimum Gasteiger partial charge on any atom is -0.454 e. The lowest BCUT2D eigenvalue weighted by Crippen LogP contribution is -2.32. The van der Waals surface area contributed by atoms with E-state index in [2.05, 4.69) is 6.92 Å². The van der Waals surface area contributed by atoms with E-state index >= 15 is 0 Å². The molecule has 1 atom stereocenters. The van der Waals surface area contributed by atoms with Crippen molar-refractivity contribution in [2.24, 2.45) is 0 Å². The van der Waals surface area contributed by atoms with Gasteiger partial charge >= 0.3 is 5.97 Å². The van der Waals surface area contributed by atoms with Crippen molar-refractivity contribution in [2.45, 2.75) is 90.1 Å². The van der Waals surface area contributed by atoms with Crippen LogP contribution in [0.4, 0.5) is 0 Å². The zero-order chi connectivity index (χ0) is 17.9. The van der Waals surface area contributed by atoms with Crippen molar-refractivity contribution in [1.29, 1.82) is 0 Å². The molecule has 3 nitrogen and oxygen atoms in total. The molecule has 0 N–H and O–H groups in total. The molecule has 0 aliphatic heterocycles. The van der Waals surface area contributed by atoms with Gasteiger partial charge in [-0.3, -0.25) is 9.59 Å². The van der Waals surface area contributed by atoms with Crippen molar-refractivity contribution in [3.8, 4) is 0 Å². The molecule has 0 saturated heterocycles. The number of aryl methyl sites for hydroxylation is 1. The van der Waals surface area contributed by atoms with Gasteiger partial charge in [0.05, 0.1) is 0 Å². The third-order valence-corrected chi connectivity index (χ3v) is 5.01. The van der Waals surface area contributed by atoms with Crippen molar-refractivity contribution in [1.82, 2.24) is 0 Å². The van der Waals surface area contributed by atoms with E-state index in [0.717, 1.165) is 30.4 Å². The summed E-state index contributed by atoms with van der Waals surface area (Å²) in [5.74, 6) is -0.261. The van der Waals surface area contributed by atoms with Crippen LogP contribution >= 0.6 is 0 Å². The molecule has 25 heavy (non-hydrogen) atoms. The molecule has 1 unspecified atom stereocenters. The largest absolute Gasteiger partial charge is 0.454 e. The first-order valence-electron chi connectivity index (χ1n) is 10.0. The number of carbonyl (C=O) groups is 2. The number of benzene rings is 1. The van der Waals surface area contributed by atoms with Crippen LogP contribution in [0, 0.1) is 0 Å². The Morgan fingerprint density at radius 2 is 1.64 bits per heavy atom. The van der Waals surface area contributed by atoms with Gasteiger partial charge in [0, 0.05) is 12.0 Å². The van der Waals surface area contributed by atoms with Crippen LogP contribution in [0.3, 0.4) is 0 Å². The van der Waals surface area contributed by atoms with Gasteiger partial charge < -0.3 is 4.74 Å². The van der Waals surface area contributed by atoms with Gasteiger partial charge in [-0.15, -0.1) is 0 Å². The first-order valence-corrected chi connectivity index (χ1v) is 10.0. The zero-order valence-corrected chi connectivity index (χ0v) is 15.6. The van der Waals surface area contributed by atoms with Crippen molar-refractivity contribution in [3.63, 3.8) is 0 Å². The van der Waals surface area contributed by atoms with Gasteiger partial charge in [-0.05, 0) is 24.8 Å². The number of unbranched alkanes of at least 4 members (excludes halogenated alkanes) is 8. The smallest absolute Gasteiger partial charge is 0.306 e. The molecule has 0 fully saturated rings. The SMILES string of the molecule is CCCCCCCCCCCC(=O)OC1CCc2ccccc2C1=O. The van der Waals surface area contributed by atoms with E-state index < -0.39 is 6.10 Å². The van der Waals surface area contributed by atoms with E-state index in [9.17, 15) is 9.59 Å². The van der Waals surface area contributed by atoms with E-state index in [1.54, 1.807) is 0 Å². The maximum absolute atomic E-state index is 12.4. The minimum absolute atomic E-state index is 0.0396. The zero-order valence-electron chi connectivity index (χ0n) is 15.6. The molecule has 1 aromatic rings. The Hall–Kier alpha value is -1.64. The van der Waals surface area contributed by atoms with Gasteiger partial charge in [0.15, 0.2) is 6.10 Å². The molecule has 0 radical (unpaired) electrons. The molecule has 0 spiro atoms. The number of esters is 1. The Bertz CT molecular complexity index is 550. The molecule has 138 valence electrons. The van der Waals surface area contributed by atoms with Crippen LogP contribution in [-0.2, 0) is 16.0 Å².